The molecule has 0 fully saturated rings. The average Bonchev–Trinajstić information content (AvgIpc) is 2.61. The Labute approximate surface area is 139 Å². The Bertz CT molecular complexity index is 614. The van der Waals surface area contributed by atoms with Crippen molar-refractivity contribution in [1.82, 2.24) is 5.32 Å². The fourth-order valence-electron chi connectivity index (χ4n) is 2.39. The van der Waals surface area contributed by atoms with E-state index in [0.29, 0.717) is 0 Å². The van der Waals surface area contributed by atoms with Gasteiger partial charge in [0.15, 0.2) is 5.78 Å². The molecule has 0 saturated carbocycles. The first-order chi connectivity index (χ1) is 11.3. The van der Waals surface area contributed by atoms with Crippen LogP contribution in [0.2, 0.25) is 0 Å². The van der Waals surface area contributed by atoms with Crippen LogP contribution in [0.4, 0.5) is 0 Å². The standard InChI is InChI=1S/C21H25NO/c1-2-16-22-17-6-9-19-10-13-20(14-11-19)21(23)15-12-18-7-4-3-5-8-18/h3-5,7-8,10-15,22H,2,6,9,16-17H2,1H3. The van der Waals surface area contributed by atoms with Crippen LogP contribution in [0.1, 0.15) is 41.3 Å². The van der Waals surface area contributed by atoms with E-state index in [9.17, 15) is 4.79 Å². The summed E-state index contributed by atoms with van der Waals surface area (Å²) < 4.78 is 0. The van der Waals surface area contributed by atoms with Gasteiger partial charge in [-0.3, -0.25) is 4.79 Å². The van der Waals surface area contributed by atoms with Gasteiger partial charge in [0.25, 0.3) is 0 Å². The van der Waals surface area contributed by atoms with E-state index >= 15 is 0 Å². The van der Waals surface area contributed by atoms with E-state index in [0.717, 1.165) is 37.1 Å². The van der Waals surface area contributed by atoms with Gasteiger partial charge in [0.1, 0.15) is 0 Å². The van der Waals surface area contributed by atoms with Crippen molar-refractivity contribution in [3.63, 3.8) is 0 Å². The Morgan fingerprint density at radius 2 is 1.74 bits per heavy atom. The third-order valence-electron chi connectivity index (χ3n) is 3.71. The van der Waals surface area contributed by atoms with Crippen LogP contribution in [0.15, 0.2) is 60.7 Å². The van der Waals surface area contributed by atoms with Gasteiger partial charge in [-0.15, -0.1) is 0 Å². The first-order valence-corrected chi connectivity index (χ1v) is 8.36. The van der Waals surface area contributed by atoms with Gasteiger partial charge in [-0.2, -0.15) is 0 Å². The SMILES string of the molecule is CCCNCCCc1ccc(C(=O)C=Cc2ccccc2)cc1. The number of carbonyl (C=O) groups is 1. The largest absolute Gasteiger partial charge is 0.317 e. The van der Waals surface area contributed by atoms with Crippen molar-refractivity contribution in [2.75, 3.05) is 13.1 Å². The first-order valence-electron chi connectivity index (χ1n) is 8.36. The van der Waals surface area contributed by atoms with Crippen LogP contribution < -0.4 is 5.32 Å². The van der Waals surface area contributed by atoms with Crippen molar-refractivity contribution in [2.24, 2.45) is 0 Å². The third kappa shape index (κ3) is 6.21. The molecule has 1 N–H and O–H groups in total. The lowest BCUT2D eigenvalue weighted by Crippen LogP contribution is -2.16. The minimum absolute atomic E-state index is 0.0463. The predicted octanol–water partition coefficient (Wildman–Crippen LogP) is 4.51. The van der Waals surface area contributed by atoms with Crippen LogP contribution in [0.3, 0.4) is 0 Å². The highest BCUT2D eigenvalue weighted by Gasteiger charge is 2.02. The second kappa shape index (κ2) is 9.75. The zero-order valence-electron chi connectivity index (χ0n) is 13.8. The highest BCUT2D eigenvalue weighted by Crippen LogP contribution is 2.09. The lowest BCUT2D eigenvalue weighted by atomic mass is 10.0. The minimum atomic E-state index is 0.0463. The number of allylic oxidation sites excluding steroid dienone is 1. The normalized spacial score (nSPS) is 11.0. The Kier molecular flexibility index (Phi) is 7.28. The molecule has 0 unspecified atom stereocenters. The Balaban J connectivity index is 1.84. The molecule has 0 radical (unpaired) electrons. The van der Waals surface area contributed by atoms with Gasteiger partial charge in [-0.1, -0.05) is 67.6 Å². The predicted molar refractivity (Wildman–Crippen MR) is 97.7 cm³/mol. The van der Waals surface area contributed by atoms with E-state index in [2.05, 4.69) is 24.4 Å². The number of hydrogen-bond acceptors (Lipinski definition) is 2. The van der Waals surface area contributed by atoms with Crippen molar-refractivity contribution < 1.29 is 4.79 Å². The van der Waals surface area contributed by atoms with E-state index in [4.69, 9.17) is 0 Å². The molecule has 0 aliphatic carbocycles. The molecule has 0 aliphatic heterocycles. The summed E-state index contributed by atoms with van der Waals surface area (Å²) in [6, 6.07) is 17.8. The fraction of sp³-hybridized carbons (Fsp3) is 0.286. The number of nitrogens with one attached hydrogen (secondary N) is 1. The van der Waals surface area contributed by atoms with Crippen molar-refractivity contribution in [1.29, 1.82) is 0 Å². The maximum atomic E-state index is 12.2. The summed E-state index contributed by atoms with van der Waals surface area (Å²) in [7, 11) is 0. The summed E-state index contributed by atoms with van der Waals surface area (Å²) in [4.78, 5) is 12.2. The van der Waals surface area contributed by atoms with Gasteiger partial charge < -0.3 is 5.32 Å². The molecule has 0 bridgehead atoms. The molecule has 0 heterocycles. The molecule has 2 heteroatoms. The molecule has 0 amide bonds. The van der Waals surface area contributed by atoms with E-state index in [1.807, 2.05) is 48.5 Å². The first kappa shape index (κ1) is 17.2. The number of ketones is 1. The maximum Gasteiger partial charge on any atom is 0.185 e. The highest BCUT2D eigenvalue weighted by molar-refractivity contribution is 6.06. The Morgan fingerprint density at radius 1 is 1.00 bits per heavy atom. The molecule has 0 spiro atoms. The van der Waals surface area contributed by atoms with E-state index in [1.165, 1.54) is 12.0 Å². The number of carbonyl (C=O) groups excluding carboxylic acids is 1. The third-order valence-corrected chi connectivity index (χ3v) is 3.71. The van der Waals surface area contributed by atoms with Crippen LogP contribution in [-0.2, 0) is 6.42 Å². The number of hydrogen-bond donors (Lipinski definition) is 1. The van der Waals surface area contributed by atoms with Crippen LogP contribution in [0.25, 0.3) is 6.08 Å². The molecule has 0 saturated heterocycles. The summed E-state index contributed by atoms with van der Waals surface area (Å²) >= 11 is 0. The van der Waals surface area contributed by atoms with Crippen LogP contribution >= 0.6 is 0 Å². The Hall–Kier alpha value is -2.19. The summed E-state index contributed by atoms with van der Waals surface area (Å²) in [5.74, 6) is 0.0463. The van der Waals surface area contributed by atoms with Crippen molar-refractivity contribution in [3.05, 3.63) is 77.4 Å². The molecule has 23 heavy (non-hydrogen) atoms. The van der Waals surface area contributed by atoms with E-state index < -0.39 is 0 Å². The number of rotatable bonds is 9. The molecular weight excluding hydrogens is 282 g/mol. The van der Waals surface area contributed by atoms with Crippen LogP contribution in [0.5, 0.6) is 0 Å². The second-order valence-corrected chi connectivity index (χ2v) is 5.66. The summed E-state index contributed by atoms with van der Waals surface area (Å²) in [6.07, 6.45) is 6.84. The summed E-state index contributed by atoms with van der Waals surface area (Å²) in [5, 5.41) is 3.40. The van der Waals surface area contributed by atoms with Gasteiger partial charge >= 0.3 is 0 Å². The number of aryl methyl sites for hydroxylation is 1. The van der Waals surface area contributed by atoms with E-state index in [1.54, 1.807) is 6.08 Å². The average molecular weight is 307 g/mol. The molecule has 2 aromatic carbocycles. The quantitative estimate of drug-likeness (QED) is 0.419. The molecule has 2 rings (SSSR count). The van der Waals surface area contributed by atoms with Gasteiger partial charge in [-0.05, 0) is 49.6 Å². The lowest BCUT2D eigenvalue weighted by molar-refractivity contribution is 0.104. The summed E-state index contributed by atoms with van der Waals surface area (Å²) in [6.45, 7) is 4.31. The highest BCUT2D eigenvalue weighted by atomic mass is 16.1. The van der Waals surface area contributed by atoms with Gasteiger partial charge in [0, 0.05) is 5.56 Å². The number of benzene rings is 2. The van der Waals surface area contributed by atoms with Gasteiger partial charge in [0.2, 0.25) is 0 Å². The molecular formula is C21H25NO. The van der Waals surface area contributed by atoms with Crippen LogP contribution in [0, 0.1) is 0 Å². The lowest BCUT2D eigenvalue weighted by Gasteiger charge is -2.04. The van der Waals surface area contributed by atoms with Crippen molar-refractivity contribution in [2.45, 2.75) is 26.2 Å². The molecule has 0 aromatic heterocycles. The maximum absolute atomic E-state index is 12.2. The van der Waals surface area contributed by atoms with Crippen LogP contribution in [-0.4, -0.2) is 18.9 Å². The van der Waals surface area contributed by atoms with Gasteiger partial charge in [0.05, 0.1) is 0 Å². The molecule has 120 valence electrons. The zero-order chi connectivity index (χ0) is 16.3. The molecule has 0 atom stereocenters. The summed E-state index contributed by atoms with van der Waals surface area (Å²) in [5.41, 5.74) is 3.06. The minimum Gasteiger partial charge on any atom is -0.317 e. The van der Waals surface area contributed by atoms with Gasteiger partial charge in [-0.25, -0.2) is 0 Å². The molecule has 2 aromatic rings. The molecule has 2 nitrogen and oxygen atoms in total. The topological polar surface area (TPSA) is 29.1 Å². The monoisotopic (exact) mass is 307 g/mol. The molecule has 0 aliphatic rings. The van der Waals surface area contributed by atoms with Crippen molar-refractivity contribution >= 4 is 11.9 Å². The fourth-order valence-corrected chi connectivity index (χ4v) is 2.39. The smallest absolute Gasteiger partial charge is 0.185 e. The Morgan fingerprint density at radius 3 is 2.43 bits per heavy atom. The zero-order valence-corrected chi connectivity index (χ0v) is 13.8. The van der Waals surface area contributed by atoms with Crippen molar-refractivity contribution in [3.8, 4) is 0 Å². The second-order valence-electron chi connectivity index (χ2n) is 5.66. The van der Waals surface area contributed by atoms with E-state index in [-0.39, 0.29) is 5.78 Å².